The molecule has 5 heteroatoms. The fourth-order valence-corrected chi connectivity index (χ4v) is 1.94. The Hall–Kier alpha value is -1.78. The lowest BCUT2D eigenvalue weighted by Crippen LogP contribution is -2.21. The van der Waals surface area contributed by atoms with E-state index in [1.807, 2.05) is 20.8 Å². The van der Waals surface area contributed by atoms with Crippen LogP contribution in [0.5, 0.6) is 0 Å². The number of H-pyrrole nitrogens is 1. The van der Waals surface area contributed by atoms with E-state index in [4.69, 9.17) is 9.47 Å². The summed E-state index contributed by atoms with van der Waals surface area (Å²) >= 11 is 0. The van der Waals surface area contributed by atoms with E-state index in [0.29, 0.717) is 23.4 Å². The Morgan fingerprint density at radius 1 is 1.11 bits per heavy atom. The number of nitrogens with one attached hydrogen (secondary N) is 1. The lowest BCUT2D eigenvalue weighted by molar-refractivity contribution is 0.0517. The molecule has 1 aromatic rings. The molecule has 1 rings (SSSR count). The molecule has 0 unspecified atom stereocenters. The highest BCUT2D eigenvalue weighted by Gasteiger charge is 2.31. The van der Waals surface area contributed by atoms with Gasteiger partial charge in [0.25, 0.3) is 0 Å². The average Bonchev–Trinajstić information content (AvgIpc) is 2.73. The minimum atomic E-state index is -0.456. The van der Waals surface area contributed by atoms with Crippen molar-refractivity contribution in [2.45, 2.75) is 40.0 Å². The predicted octanol–water partition coefficient (Wildman–Crippen LogP) is 2.67. The SMILES string of the molecule is CCOC(=O)c1c[nH]c(C(=O)OCC)c1C(C)(C)C. The number of carbonyl (C=O) groups is 2. The van der Waals surface area contributed by atoms with Crippen molar-refractivity contribution in [3.8, 4) is 0 Å². The molecule has 5 nitrogen and oxygen atoms in total. The molecule has 0 bridgehead atoms. The maximum Gasteiger partial charge on any atom is 0.355 e. The van der Waals surface area contributed by atoms with Crippen molar-refractivity contribution >= 4 is 11.9 Å². The minimum Gasteiger partial charge on any atom is -0.462 e. The Morgan fingerprint density at radius 3 is 2.11 bits per heavy atom. The van der Waals surface area contributed by atoms with Gasteiger partial charge in [0.1, 0.15) is 5.69 Å². The average molecular weight is 267 g/mol. The van der Waals surface area contributed by atoms with E-state index in [1.165, 1.54) is 6.20 Å². The van der Waals surface area contributed by atoms with E-state index in [0.717, 1.165) is 0 Å². The van der Waals surface area contributed by atoms with Gasteiger partial charge >= 0.3 is 11.9 Å². The summed E-state index contributed by atoms with van der Waals surface area (Å²) < 4.78 is 10.0. The maximum absolute atomic E-state index is 11.9. The second-order valence-electron chi connectivity index (χ2n) is 5.14. The Labute approximate surface area is 113 Å². The van der Waals surface area contributed by atoms with E-state index < -0.39 is 11.9 Å². The number of hydrogen-bond acceptors (Lipinski definition) is 4. The first-order chi connectivity index (χ1) is 8.82. The molecule has 0 aliphatic carbocycles. The molecule has 19 heavy (non-hydrogen) atoms. The van der Waals surface area contributed by atoms with Gasteiger partial charge < -0.3 is 14.5 Å². The Bertz CT molecular complexity index is 433. The highest BCUT2D eigenvalue weighted by Crippen LogP contribution is 2.30. The van der Waals surface area contributed by atoms with Crippen molar-refractivity contribution in [1.82, 2.24) is 4.98 Å². The molecule has 0 aliphatic rings. The number of ether oxygens (including phenoxy) is 2. The maximum atomic E-state index is 11.9. The molecule has 1 heterocycles. The van der Waals surface area contributed by atoms with Crippen LogP contribution in [0, 0.1) is 0 Å². The van der Waals surface area contributed by atoms with Crippen molar-refractivity contribution < 1.29 is 19.1 Å². The first-order valence-electron chi connectivity index (χ1n) is 6.39. The Balaban J connectivity index is 3.28. The largest absolute Gasteiger partial charge is 0.462 e. The standard InChI is InChI=1S/C14H21NO4/c1-6-18-12(16)9-8-15-11(13(17)19-7-2)10(9)14(3,4)5/h8,15H,6-7H2,1-5H3. The Morgan fingerprint density at radius 2 is 1.63 bits per heavy atom. The summed E-state index contributed by atoms with van der Waals surface area (Å²) in [7, 11) is 0. The van der Waals surface area contributed by atoms with Crippen molar-refractivity contribution in [1.29, 1.82) is 0 Å². The zero-order valence-corrected chi connectivity index (χ0v) is 12.1. The van der Waals surface area contributed by atoms with E-state index in [2.05, 4.69) is 4.98 Å². The summed E-state index contributed by atoms with van der Waals surface area (Å²) in [4.78, 5) is 26.6. The van der Waals surface area contributed by atoms with Crippen molar-refractivity contribution in [2.24, 2.45) is 0 Å². The number of hydrogen-bond donors (Lipinski definition) is 1. The fraction of sp³-hybridized carbons (Fsp3) is 0.571. The Kier molecular flexibility index (Phi) is 4.75. The third kappa shape index (κ3) is 3.36. The van der Waals surface area contributed by atoms with Crippen LogP contribution in [0.1, 0.15) is 61.0 Å². The first-order valence-corrected chi connectivity index (χ1v) is 6.39. The van der Waals surface area contributed by atoms with Gasteiger partial charge in [-0.15, -0.1) is 0 Å². The van der Waals surface area contributed by atoms with Gasteiger partial charge in [0.2, 0.25) is 0 Å². The third-order valence-corrected chi connectivity index (χ3v) is 2.61. The van der Waals surface area contributed by atoms with E-state index in [9.17, 15) is 9.59 Å². The van der Waals surface area contributed by atoms with Gasteiger partial charge in [-0.3, -0.25) is 0 Å². The molecule has 0 atom stereocenters. The van der Waals surface area contributed by atoms with Gasteiger partial charge in [-0.25, -0.2) is 9.59 Å². The lowest BCUT2D eigenvalue weighted by Gasteiger charge is -2.20. The summed E-state index contributed by atoms with van der Waals surface area (Å²) in [6.45, 7) is 9.86. The van der Waals surface area contributed by atoms with Crippen molar-refractivity contribution in [3.05, 3.63) is 23.0 Å². The van der Waals surface area contributed by atoms with Gasteiger partial charge in [-0.1, -0.05) is 20.8 Å². The molecule has 0 spiro atoms. The number of carbonyl (C=O) groups excluding carboxylic acids is 2. The number of rotatable bonds is 4. The molecular formula is C14H21NO4. The zero-order valence-electron chi connectivity index (χ0n) is 12.1. The van der Waals surface area contributed by atoms with E-state index in [-0.39, 0.29) is 12.0 Å². The zero-order chi connectivity index (χ0) is 14.6. The quantitative estimate of drug-likeness (QED) is 0.851. The molecule has 0 amide bonds. The number of aromatic nitrogens is 1. The predicted molar refractivity (Wildman–Crippen MR) is 71.4 cm³/mol. The second-order valence-corrected chi connectivity index (χ2v) is 5.14. The van der Waals surface area contributed by atoms with Crippen molar-refractivity contribution in [2.75, 3.05) is 13.2 Å². The van der Waals surface area contributed by atoms with Crippen LogP contribution in [-0.4, -0.2) is 30.1 Å². The summed E-state index contributed by atoms with van der Waals surface area (Å²) in [6, 6.07) is 0. The van der Waals surface area contributed by atoms with Crippen LogP contribution in [0.2, 0.25) is 0 Å². The molecule has 0 fully saturated rings. The van der Waals surface area contributed by atoms with Gasteiger partial charge in [-0.2, -0.15) is 0 Å². The third-order valence-electron chi connectivity index (χ3n) is 2.61. The normalized spacial score (nSPS) is 11.2. The molecule has 0 aliphatic heterocycles. The van der Waals surface area contributed by atoms with Crippen LogP contribution in [-0.2, 0) is 14.9 Å². The van der Waals surface area contributed by atoms with Gasteiger partial charge in [0.15, 0.2) is 0 Å². The van der Waals surface area contributed by atoms with Crippen molar-refractivity contribution in [3.63, 3.8) is 0 Å². The molecule has 1 aromatic heterocycles. The van der Waals surface area contributed by atoms with Crippen LogP contribution in [0.25, 0.3) is 0 Å². The minimum absolute atomic E-state index is 0.288. The van der Waals surface area contributed by atoms with Gasteiger partial charge in [0, 0.05) is 11.8 Å². The van der Waals surface area contributed by atoms with E-state index >= 15 is 0 Å². The van der Waals surface area contributed by atoms with Crippen LogP contribution in [0.15, 0.2) is 6.20 Å². The molecule has 106 valence electrons. The van der Waals surface area contributed by atoms with Crippen LogP contribution >= 0.6 is 0 Å². The molecule has 0 aromatic carbocycles. The fourth-order valence-electron chi connectivity index (χ4n) is 1.94. The van der Waals surface area contributed by atoms with Crippen LogP contribution < -0.4 is 0 Å². The summed E-state index contributed by atoms with van der Waals surface area (Å²) in [6.07, 6.45) is 1.50. The summed E-state index contributed by atoms with van der Waals surface area (Å²) in [5.74, 6) is -0.887. The lowest BCUT2D eigenvalue weighted by atomic mass is 9.84. The summed E-state index contributed by atoms with van der Waals surface area (Å²) in [5.41, 5.74) is 0.962. The van der Waals surface area contributed by atoms with Crippen LogP contribution in [0.3, 0.4) is 0 Å². The second kappa shape index (κ2) is 5.91. The highest BCUT2D eigenvalue weighted by molar-refractivity contribution is 5.98. The number of esters is 2. The first kappa shape index (κ1) is 15.3. The van der Waals surface area contributed by atoms with Gasteiger partial charge in [0.05, 0.1) is 18.8 Å². The topological polar surface area (TPSA) is 68.4 Å². The van der Waals surface area contributed by atoms with Gasteiger partial charge in [-0.05, 0) is 19.3 Å². The molecular weight excluding hydrogens is 246 g/mol. The molecule has 0 radical (unpaired) electrons. The number of aromatic amines is 1. The summed E-state index contributed by atoms with van der Waals surface area (Å²) in [5, 5.41) is 0. The highest BCUT2D eigenvalue weighted by atomic mass is 16.5. The monoisotopic (exact) mass is 267 g/mol. The molecule has 0 saturated heterocycles. The molecule has 0 saturated carbocycles. The smallest absolute Gasteiger partial charge is 0.355 e. The van der Waals surface area contributed by atoms with E-state index in [1.54, 1.807) is 13.8 Å². The molecule has 1 N–H and O–H groups in total. The van der Waals surface area contributed by atoms with Crippen LogP contribution in [0.4, 0.5) is 0 Å².